The van der Waals surface area contributed by atoms with Gasteiger partial charge in [-0.1, -0.05) is 42.5 Å². The van der Waals surface area contributed by atoms with Crippen molar-refractivity contribution in [1.29, 1.82) is 0 Å². The predicted molar refractivity (Wildman–Crippen MR) is 104 cm³/mol. The van der Waals surface area contributed by atoms with E-state index in [9.17, 15) is 27.6 Å². The van der Waals surface area contributed by atoms with E-state index in [1.807, 2.05) is 30.3 Å². The number of benzene rings is 2. The summed E-state index contributed by atoms with van der Waals surface area (Å²) in [5, 5.41) is 5.13. The molecule has 0 saturated carbocycles. The summed E-state index contributed by atoms with van der Waals surface area (Å²) in [6.45, 7) is 1.25. The van der Waals surface area contributed by atoms with Crippen LogP contribution >= 0.6 is 0 Å². The van der Waals surface area contributed by atoms with Gasteiger partial charge in [0.2, 0.25) is 0 Å². The lowest BCUT2D eigenvalue weighted by atomic mass is 10.1. The van der Waals surface area contributed by atoms with Crippen molar-refractivity contribution >= 4 is 23.3 Å². The van der Waals surface area contributed by atoms with Crippen LogP contribution in [0.4, 0.5) is 18.9 Å². The van der Waals surface area contributed by atoms with E-state index < -0.39 is 30.4 Å². The van der Waals surface area contributed by atoms with Crippen molar-refractivity contribution < 1.29 is 32.3 Å². The quantitative estimate of drug-likeness (QED) is 0.502. The summed E-state index contributed by atoms with van der Waals surface area (Å²) >= 11 is 0. The molecule has 1 atom stereocenters. The minimum atomic E-state index is -4.99. The summed E-state index contributed by atoms with van der Waals surface area (Å²) in [5.41, 5.74) is 0.990. The number of ether oxygens (including phenoxy) is 1. The van der Waals surface area contributed by atoms with Crippen LogP contribution in [0, 0.1) is 0 Å². The van der Waals surface area contributed by atoms with Crippen LogP contribution < -0.4 is 10.6 Å². The second-order valence-electron chi connectivity index (χ2n) is 6.16. The molecule has 0 bridgehead atoms. The molecule has 0 fully saturated rings. The number of allylic oxidation sites excluding steroid dienone is 1. The Morgan fingerprint density at radius 2 is 1.67 bits per heavy atom. The third-order valence-electron chi connectivity index (χ3n) is 3.91. The van der Waals surface area contributed by atoms with E-state index in [1.165, 1.54) is 24.3 Å². The molecule has 1 unspecified atom stereocenters. The maximum absolute atomic E-state index is 12.3. The Balaban J connectivity index is 1.93. The third-order valence-corrected chi connectivity index (χ3v) is 3.91. The number of hydrogen-bond acceptors (Lipinski definition) is 5. The van der Waals surface area contributed by atoms with Crippen LogP contribution in [0.3, 0.4) is 0 Å². The molecule has 2 aromatic carbocycles. The standard InChI is InChI=1S/C21H19F3N2O4/c1-14(15-7-3-2-4-8-15)26-19(28)13-30-20(29)16-9-5-6-10-17(16)25-12-11-18(27)21(22,23)24/h2-12,14,25H,13H2,1H3,(H,26,28). The summed E-state index contributed by atoms with van der Waals surface area (Å²) in [6, 6.07) is 14.7. The first kappa shape index (κ1) is 22.7. The molecule has 0 saturated heterocycles. The van der Waals surface area contributed by atoms with Gasteiger partial charge in [-0.3, -0.25) is 9.59 Å². The molecule has 1 amide bonds. The Labute approximate surface area is 170 Å². The third kappa shape index (κ3) is 6.77. The van der Waals surface area contributed by atoms with Crippen LogP contribution in [0.5, 0.6) is 0 Å². The number of ketones is 1. The van der Waals surface area contributed by atoms with Crippen molar-refractivity contribution in [2.75, 3.05) is 11.9 Å². The van der Waals surface area contributed by atoms with Gasteiger partial charge in [0.25, 0.3) is 11.7 Å². The molecule has 0 heterocycles. The zero-order valence-corrected chi connectivity index (χ0v) is 15.9. The molecule has 158 valence electrons. The number of carbonyl (C=O) groups excluding carboxylic acids is 3. The molecule has 6 nitrogen and oxygen atoms in total. The molecule has 2 aromatic rings. The Morgan fingerprint density at radius 3 is 2.33 bits per heavy atom. The molecule has 0 aliphatic rings. The first-order chi connectivity index (χ1) is 14.2. The summed E-state index contributed by atoms with van der Waals surface area (Å²) in [4.78, 5) is 35.2. The fourth-order valence-corrected chi connectivity index (χ4v) is 2.41. The van der Waals surface area contributed by atoms with Gasteiger partial charge in [0.1, 0.15) is 0 Å². The van der Waals surface area contributed by atoms with Crippen molar-refractivity contribution in [3.8, 4) is 0 Å². The lowest BCUT2D eigenvalue weighted by Crippen LogP contribution is -2.31. The molecule has 0 aliphatic heterocycles. The molecule has 0 radical (unpaired) electrons. The van der Waals surface area contributed by atoms with Gasteiger partial charge >= 0.3 is 12.1 Å². The Hall–Kier alpha value is -3.62. The van der Waals surface area contributed by atoms with E-state index in [2.05, 4.69) is 10.6 Å². The van der Waals surface area contributed by atoms with Crippen molar-refractivity contribution in [1.82, 2.24) is 5.32 Å². The summed E-state index contributed by atoms with van der Waals surface area (Å²) in [5.74, 6) is -3.41. The molecule has 0 spiro atoms. The van der Waals surface area contributed by atoms with Gasteiger partial charge in [-0.2, -0.15) is 13.2 Å². The number of alkyl halides is 3. The molecule has 0 aliphatic carbocycles. The normalized spacial score (nSPS) is 12.3. The van der Waals surface area contributed by atoms with E-state index in [1.54, 1.807) is 6.92 Å². The highest BCUT2D eigenvalue weighted by molar-refractivity contribution is 5.97. The van der Waals surface area contributed by atoms with Gasteiger partial charge in [0.15, 0.2) is 6.61 Å². The molecular formula is C21H19F3N2O4. The average Bonchev–Trinajstić information content (AvgIpc) is 2.72. The zero-order valence-electron chi connectivity index (χ0n) is 15.9. The minimum absolute atomic E-state index is 0.00878. The first-order valence-electron chi connectivity index (χ1n) is 8.83. The van der Waals surface area contributed by atoms with Crippen molar-refractivity contribution in [3.05, 3.63) is 78.0 Å². The lowest BCUT2D eigenvalue weighted by molar-refractivity contribution is -0.165. The number of rotatable bonds is 8. The molecular weight excluding hydrogens is 401 g/mol. The summed E-state index contributed by atoms with van der Waals surface area (Å²) in [6.07, 6.45) is -3.91. The lowest BCUT2D eigenvalue weighted by Gasteiger charge is -2.14. The smallest absolute Gasteiger partial charge is 0.452 e. The van der Waals surface area contributed by atoms with E-state index >= 15 is 0 Å². The fourth-order valence-electron chi connectivity index (χ4n) is 2.41. The number of hydrogen-bond donors (Lipinski definition) is 2. The van der Waals surface area contributed by atoms with E-state index in [-0.39, 0.29) is 17.3 Å². The van der Waals surface area contributed by atoms with Crippen LogP contribution in [0.2, 0.25) is 0 Å². The highest BCUT2D eigenvalue weighted by atomic mass is 19.4. The summed E-state index contributed by atoms with van der Waals surface area (Å²) < 4.78 is 41.6. The Morgan fingerprint density at radius 1 is 1.03 bits per heavy atom. The van der Waals surface area contributed by atoms with Crippen molar-refractivity contribution in [2.24, 2.45) is 0 Å². The fraction of sp³-hybridized carbons (Fsp3) is 0.190. The van der Waals surface area contributed by atoms with Crippen LogP contribution in [-0.4, -0.2) is 30.4 Å². The monoisotopic (exact) mass is 420 g/mol. The molecule has 0 aromatic heterocycles. The van der Waals surface area contributed by atoms with Crippen LogP contribution in [0.15, 0.2) is 66.9 Å². The Bertz CT molecular complexity index is 927. The van der Waals surface area contributed by atoms with Crippen LogP contribution in [0.25, 0.3) is 0 Å². The highest BCUT2D eigenvalue weighted by Crippen LogP contribution is 2.18. The van der Waals surface area contributed by atoms with Gasteiger partial charge < -0.3 is 15.4 Å². The van der Waals surface area contributed by atoms with Gasteiger partial charge in [-0.25, -0.2) is 4.79 Å². The predicted octanol–water partition coefficient (Wildman–Crippen LogP) is 3.78. The molecule has 9 heteroatoms. The molecule has 2 N–H and O–H groups in total. The maximum Gasteiger partial charge on any atom is 0.454 e. The van der Waals surface area contributed by atoms with Crippen LogP contribution in [0.1, 0.15) is 28.9 Å². The van der Waals surface area contributed by atoms with Gasteiger partial charge in [-0.05, 0) is 24.6 Å². The number of halogens is 3. The number of esters is 1. The van der Waals surface area contributed by atoms with Gasteiger partial charge in [-0.15, -0.1) is 0 Å². The molecule has 2 rings (SSSR count). The number of nitrogens with one attached hydrogen (secondary N) is 2. The molecule has 30 heavy (non-hydrogen) atoms. The first-order valence-corrected chi connectivity index (χ1v) is 8.83. The topological polar surface area (TPSA) is 84.5 Å². The van der Waals surface area contributed by atoms with E-state index in [4.69, 9.17) is 4.74 Å². The zero-order chi connectivity index (χ0) is 22.1. The average molecular weight is 420 g/mol. The summed E-state index contributed by atoms with van der Waals surface area (Å²) in [7, 11) is 0. The second kappa shape index (κ2) is 10.2. The van der Waals surface area contributed by atoms with Crippen molar-refractivity contribution in [2.45, 2.75) is 19.1 Å². The van der Waals surface area contributed by atoms with Crippen LogP contribution in [-0.2, 0) is 14.3 Å². The van der Waals surface area contributed by atoms with Gasteiger partial charge in [0.05, 0.1) is 17.3 Å². The maximum atomic E-state index is 12.3. The van der Waals surface area contributed by atoms with E-state index in [0.717, 1.165) is 11.8 Å². The highest BCUT2D eigenvalue weighted by Gasteiger charge is 2.36. The van der Waals surface area contributed by atoms with Crippen molar-refractivity contribution in [3.63, 3.8) is 0 Å². The number of carbonyl (C=O) groups is 3. The number of para-hydroxylation sites is 1. The van der Waals surface area contributed by atoms with Gasteiger partial charge in [0, 0.05) is 12.3 Å². The largest absolute Gasteiger partial charge is 0.454 e. The number of amides is 1. The Kier molecular flexibility index (Phi) is 7.74. The number of anilines is 1. The second-order valence-corrected chi connectivity index (χ2v) is 6.16. The SMILES string of the molecule is CC(NC(=O)COC(=O)c1ccccc1NC=CC(=O)C(F)(F)F)c1ccccc1. The van der Waals surface area contributed by atoms with E-state index in [0.29, 0.717) is 6.08 Å². The minimum Gasteiger partial charge on any atom is -0.452 e.